The van der Waals surface area contributed by atoms with Gasteiger partial charge in [0, 0.05) is 10.6 Å². The second kappa shape index (κ2) is 6.93. The molecule has 27 heavy (non-hydrogen) atoms. The van der Waals surface area contributed by atoms with E-state index in [9.17, 15) is 9.59 Å². The molecule has 1 aromatic carbocycles. The third-order valence-electron chi connectivity index (χ3n) is 5.34. The number of rotatable bonds is 3. The average molecular weight is 382 g/mol. The predicted octanol–water partition coefficient (Wildman–Crippen LogP) is 4.15. The highest BCUT2D eigenvalue weighted by Gasteiger charge is 2.23. The molecule has 0 fully saturated rings. The first kappa shape index (κ1) is 17.9. The van der Waals surface area contributed by atoms with Crippen LogP contribution in [0.1, 0.15) is 47.4 Å². The molecule has 0 saturated carbocycles. The van der Waals surface area contributed by atoms with Gasteiger partial charge >= 0.3 is 0 Å². The SMILES string of the molecule is Cc1ccc(NC(=O)[C@H](C)n2cnc3sc4c(c3c2=O)CCCC4)c(C)c1. The number of hydrogen-bond acceptors (Lipinski definition) is 4. The molecule has 140 valence electrons. The molecule has 0 spiro atoms. The van der Waals surface area contributed by atoms with E-state index in [1.165, 1.54) is 22.2 Å². The zero-order valence-electron chi connectivity index (χ0n) is 15.8. The van der Waals surface area contributed by atoms with Gasteiger partial charge in [-0.1, -0.05) is 17.7 Å². The van der Waals surface area contributed by atoms with Crippen molar-refractivity contribution in [2.75, 3.05) is 5.32 Å². The normalized spacial score (nSPS) is 14.8. The third-order valence-corrected chi connectivity index (χ3v) is 6.54. The topological polar surface area (TPSA) is 64.0 Å². The first-order chi connectivity index (χ1) is 13.0. The summed E-state index contributed by atoms with van der Waals surface area (Å²) in [5.74, 6) is -0.214. The number of aromatic nitrogens is 2. The van der Waals surface area contributed by atoms with Crippen molar-refractivity contribution < 1.29 is 4.79 Å². The lowest BCUT2D eigenvalue weighted by Crippen LogP contribution is -2.32. The van der Waals surface area contributed by atoms with Crippen LogP contribution >= 0.6 is 11.3 Å². The monoisotopic (exact) mass is 381 g/mol. The number of anilines is 1. The fraction of sp³-hybridized carbons (Fsp3) is 0.381. The van der Waals surface area contributed by atoms with E-state index >= 15 is 0 Å². The van der Waals surface area contributed by atoms with Crippen LogP contribution in [-0.2, 0) is 17.6 Å². The minimum atomic E-state index is -0.630. The van der Waals surface area contributed by atoms with Crippen molar-refractivity contribution in [2.24, 2.45) is 0 Å². The number of aryl methyl sites for hydroxylation is 4. The summed E-state index contributed by atoms with van der Waals surface area (Å²) in [6, 6.07) is 5.26. The van der Waals surface area contributed by atoms with E-state index in [1.54, 1.807) is 18.3 Å². The van der Waals surface area contributed by atoms with Gasteiger partial charge in [-0.3, -0.25) is 14.2 Å². The number of nitrogens with one attached hydrogen (secondary N) is 1. The van der Waals surface area contributed by atoms with Gasteiger partial charge in [0.25, 0.3) is 5.56 Å². The van der Waals surface area contributed by atoms with Crippen LogP contribution < -0.4 is 10.9 Å². The molecule has 0 bridgehead atoms. The molecule has 3 aromatic rings. The van der Waals surface area contributed by atoms with Crippen LogP contribution in [0.4, 0.5) is 5.69 Å². The Balaban J connectivity index is 1.68. The van der Waals surface area contributed by atoms with E-state index in [1.807, 2.05) is 32.0 Å². The van der Waals surface area contributed by atoms with Crippen molar-refractivity contribution in [3.05, 3.63) is 56.4 Å². The van der Waals surface area contributed by atoms with E-state index in [4.69, 9.17) is 0 Å². The Morgan fingerprint density at radius 1 is 1.26 bits per heavy atom. The summed E-state index contributed by atoms with van der Waals surface area (Å²) in [5.41, 5.74) is 3.96. The maximum Gasteiger partial charge on any atom is 0.263 e. The number of nitrogens with zero attached hydrogens (tertiary/aromatic N) is 2. The van der Waals surface area contributed by atoms with E-state index < -0.39 is 6.04 Å². The molecule has 0 unspecified atom stereocenters. The smallest absolute Gasteiger partial charge is 0.263 e. The van der Waals surface area contributed by atoms with Gasteiger partial charge in [-0.25, -0.2) is 4.98 Å². The predicted molar refractivity (Wildman–Crippen MR) is 110 cm³/mol. The van der Waals surface area contributed by atoms with E-state index in [0.29, 0.717) is 5.39 Å². The van der Waals surface area contributed by atoms with Crippen LogP contribution in [0.15, 0.2) is 29.3 Å². The highest BCUT2D eigenvalue weighted by Crippen LogP contribution is 2.33. The lowest BCUT2D eigenvalue weighted by Gasteiger charge is -2.16. The summed E-state index contributed by atoms with van der Waals surface area (Å²) in [7, 11) is 0. The van der Waals surface area contributed by atoms with Crippen molar-refractivity contribution in [2.45, 2.75) is 52.5 Å². The zero-order chi connectivity index (χ0) is 19.1. The molecule has 0 radical (unpaired) electrons. The van der Waals surface area contributed by atoms with Gasteiger partial charge in [-0.2, -0.15) is 0 Å². The Hall–Kier alpha value is -2.47. The molecular formula is C21H23N3O2S. The Labute approximate surface area is 162 Å². The van der Waals surface area contributed by atoms with Crippen LogP contribution in [0.3, 0.4) is 0 Å². The number of carbonyl (C=O) groups excluding carboxylic acids is 1. The van der Waals surface area contributed by atoms with Crippen molar-refractivity contribution >= 4 is 33.1 Å². The van der Waals surface area contributed by atoms with Crippen LogP contribution in [0.25, 0.3) is 10.2 Å². The Bertz CT molecular complexity index is 1100. The molecule has 2 aromatic heterocycles. The van der Waals surface area contributed by atoms with Gasteiger partial charge in [0.05, 0.1) is 11.7 Å². The zero-order valence-corrected chi connectivity index (χ0v) is 16.7. The molecule has 0 saturated heterocycles. The molecule has 4 rings (SSSR count). The van der Waals surface area contributed by atoms with Gasteiger partial charge in [-0.15, -0.1) is 11.3 Å². The standard InChI is InChI=1S/C21H23N3O2S/c1-12-8-9-16(13(2)10-12)23-19(25)14(3)24-11-22-20-18(21(24)26)15-6-4-5-7-17(15)27-20/h8-11,14H,4-7H2,1-3H3,(H,23,25)/t14-/m0/s1. The number of benzene rings is 1. The van der Waals surface area contributed by atoms with E-state index in [-0.39, 0.29) is 11.5 Å². The van der Waals surface area contributed by atoms with Gasteiger partial charge in [0.2, 0.25) is 5.91 Å². The van der Waals surface area contributed by atoms with Gasteiger partial charge in [0.15, 0.2) is 0 Å². The molecular weight excluding hydrogens is 358 g/mol. The summed E-state index contributed by atoms with van der Waals surface area (Å²) >= 11 is 1.62. The molecule has 0 aliphatic heterocycles. The molecule has 1 N–H and O–H groups in total. The lowest BCUT2D eigenvalue weighted by atomic mass is 9.97. The maximum atomic E-state index is 13.1. The van der Waals surface area contributed by atoms with Crippen molar-refractivity contribution in [3.63, 3.8) is 0 Å². The van der Waals surface area contributed by atoms with Gasteiger partial charge in [-0.05, 0) is 63.6 Å². The number of hydrogen-bond donors (Lipinski definition) is 1. The molecule has 1 amide bonds. The number of fused-ring (bicyclic) bond motifs is 3. The van der Waals surface area contributed by atoms with Gasteiger partial charge < -0.3 is 5.32 Å². The Morgan fingerprint density at radius 3 is 2.81 bits per heavy atom. The highest BCUT2D eigenvalue weighted by atomic mass is 32.1. The number of carbonyl (C=O) groups is 1. The third kappa shape index (κ3) is 3.18. The first-order valence-corrected chi connectivity index (χ1v) is 10.2. The molecule has 5 nitrogen and oxygen atoms in total. The molecule has 6 heteroatoms. The summed E-state index contributed by atoms with van der Waals surface area (Å²) in [5, 5.41) is 3.65. The van der Waals surface area contributed by atoms with Crippen molar-refractivity contribution in [1.29, 1.82) is 0 Å². The van der Waals surface area contributed by atoms with Gasteiger partial charge in [0.1, 0.15) is 10.9 Å². The number of amides is 1. The molecule has 2 heterocycles. The van der Waals surface area contributed by atoms with Crippen molar-refractivity contribution in [1.82, 2.24) is 9.55 Å². The molecule has 1 aliphatic rings. The van der Waals surface area contributed by atoms with E-state index in [2.05, 4.69) is 10.3 Å². The maximum absolute atomic E-state index is 13.1. The van der Waals surface area contributed by atoms with Crippen LogP contribution in [0.5, 0.6) is 0 Å². The first-order valence-electron chi connectivity index (χ1n) is 9.35. The Morgan fingerprint density at radius 2 is 2.04 bits per heavy atom. The lowest BCUT2D eigenvalue weighted by molar-refractivity contribution is -0.118. The highest BCUT2D eigenvalue weighted by molar-refractivity contribution is 7.18. The summed E-state index contributed by atoms with van der Waals surface area (Å²) < 4.78 is 1.46. The summed E-state index contributed by atoms with van der Waals surface area (Å²) in [4.78, 5) is 32.5. The quantitative estimate of drug-likeness (QED) is 0.741. The minimum Gasteiger partial charge on any atom is -0.324 e. The fourth-order valence-corrected chi connectivity index (χ4v) is 4.97. The summed E-state index contributed by atoms with van der Waals surface area (Å²) in [6.45, 7) is 5.72. The number of thiophene rings is 1. The second-order valence-corrected chi connectivity index (χ2v) is 8.42. The van der Waals surface area contributed by atoms with E-state index in [0.717, 1.165) is 46.5 Å². The fourth-order valence-electron chi connectivity index (χ4n) is 3.75. The average Bonchev–Trinajstić information content (AvgIpc) is 3.03. The van der Waals surface area contributed by atoms with Crippen LogP contribution in [-0.4, -0.2) is 15.5 Å². The molecule has 1 atom stereocenters. The molecule has 1 aliphatic carbocycles. The summed E-state index contributed by atoms with van der Waals surface area (Å²) in [6.07, 6.45) is 5.75. The minimum absolute atomic E-state index is 0.109. The largest absolute Gasteiger partial charge is 0.324 e. The second-order valence-electron chi connectivity index (χ2n) is 7.33. The van der Waals surface area contributed by atoms with Crippen LogP contribution in [0.2, 0.25) is 0 Å². The Kier molecular flexibility index (Phi) is 4.60. The van der Waals surface area contributed by atoms with Crippen LogP contribution in [0, 0.1) is 13.8 Å². The van der Waals surface area contributed by atoms with Crippen molar-refractivity contribution in [3.8, 4) is 0 Å².